The van der Waals surface area contributed by atoms with Crippen molar-refractivity contribution in [2.45, 2.75) is 13.5 Å². The lowest BCUT2D eigenvalue weighted by molar-refractivity contribution is -0.137. The summed E-state index contributed by atoms with van der Waals surface area (Å²) in [4.78, 5) is 28.2. The fourth-order valence-electron chi connectivity index (χ4n) is 4.07. The molecule has 5 rings (SSSR count). The van der Waals surface area contributed by atoms with Crippen LogP contribution in [0.5, 0.6) is 0 Å². The average molecular weight is 436 g/mol. The molecule has 33 heavy (non-hydrogen) atoms. The van der Waals surface area contributed by atoms with E-state index in [1.165, 1.54) is 29.2 Å². The van der Waals surface area contributed by atoms with E-state index >= 15 is 0 Å². The molecule has 2 amide bonds. The molecule has 0 bridgehead atoms. The number of carbonyl (C=O) groups is 2. The van der Waals surface area contributed by atoms with Crippen LogP contribution in [0.3, 0.4) is 0 Å². The number of imide groups is 1. The minimum Gasteiger partial charge on any atom is -0.350 e. The standard InChI is InChI=1S/C28H21FN2O2/c1-18-9-11-19(12-10-18)17-31-27(32)25(21-13-15-22(29)16-14-21)26(28(31)33)30-24-8-4-6-20-5-2-3-7-23(20)24/h2-16,30H,17H2,1H3. The van der Waals surface area contributed by atoms with Crippen LogP contribution in [-0.2, 0) is 16.1 Å². The molecule has 4 nitrogen and oxygen atoms in total. The first-order chi connectivity index (χ1) is 16.0. The van der Waals surface area contributed by atoms with Gasteiger partial charge in [-0.3, -0.25) is 14.5 Å². The summed E-state index contributed by atoms with van der Waals surface area (Å²) in [6, 6.07) is 26.9. The van der Waals surface area contributed by atoms with Gasteiger partial charge in [0.05, 0.1) is 12.1 Å². The normalized spacial score (nSPS) is 13.8. The highest BCUT2D eigenvalue weighted by molar-refractivity contribution is 6.36. The van der Waals surface area contributed by atoms with Crippen molar-refractivity contribution in [3.8, 4) is 0 Å². The number of nitrogens with one attached hydrogen (secondary N) is 1. The Morgan fingerprint density at radius 1 is 0.788 bits per heavy atom. The van der Waals surface area contributed by atoms with Crippen LogP contribution in [0.4, 0.5) is 10.1 Å². The van der Waals surface area contributed by atoms with E-state index in [1.54, 1.807) is 0 Å². The zero-order valence-electron chi connectivity index (χ0n) is 18.0. The number of carbonyl (C=O) groups excluding carboxylic acids is 2. The molecule has 0 saturated carbocycles. The maximum Gasteiger partial charge on any atom is 0.278 e. The van der Waals surface area contributed by atoms with Gasteiger partial charge in [0.1, 0.15) is 11.5 Å². The molecule has 0 radical (unpaired) electrons. The Morgan fingerprint density at radius 3 is 2.24 bits per heavy atom. The Hall–Kier alpha value is -4.25. The van der Waals surface area contributed by atoms with Crippen molar-refractivity contribution in [3.05, 3.63) is 119 Å². The highest BCUT2D eigenvalue weighted by Gasteiger charge is 2.39. The highest BCUT2D eigenvalue weighted by atomic mass is 19.1. The number of anilines is 1. The molecule has 4 aromatic rings. The molecule has 0 fully saturated rings. The van der Waals surface area contributed by atoms with Gasteiger partial charge in [0.15, 0.2) is 0 Å². The van der Waals surface area contributed by atoms with Gasteiger partial charge in [-0.1, -0.05) is 78.4 Å². The van der Waals surface area contributed by atoms with Crippen molar-refractivity contribution in [3.63, 3.8) is 0 Å². The summed E-state index contributed by atoms with van der Waals surface area (Å²) < 4.78 is 13.6. The quantitative estimate of drug-likeness (QED) is 0.410. The third-order valence-electron chi connectivity index (χ3n) is 5.81. The van der Waals surface area contributed by atoms with E-state index in [4.69, 9.17) is 0 Å². The van der Waals surface area contributed by atoms with E-state index in [-0.39, 0.29) is 17.8 Å². The van der Waals surface area contributed by atoms with Crippen molar-refractivity contribution in [1.82, 2.24) is 4.90 Å². The van der Waals surface area contributed by atoms with Crippen LogP contribution in [-0.4, -0.2) is 16.7 Å². The van der Waals surface area contributed by atoms with Crippen LogP contribution in [0, 0.1) is 12.7 Å². The lowest BCUT2D eigenvalue weighted by Gasteiger charge is -2.16. The minimum absolute atomic E-state index is 0.156. The van der Waals surface area contributed by atoms with Gasteiger partial charge in [-0.2, -0.15) is 0 Å². The molecular weight excluding hydrogens is 415 g/mol. The Labute approximate surface area is 191 Å². The second-order valence-corrected chi connectivity index (χ2v) is 8.09. The summed E-state index contributed by atoms with van der Waals surface area (Å²) in [6.45, 7) is 2.14. The summed E-state index contributed by atoms with van der Waals surface area (Å²) in [5.41, 5.74) is 3.59. The predicted octanol–water partition coefficient (Wildman–Crippen LogP) is 5.68. The van der Waals surface area contributed by atoms with Gasteiger partial charge in [0, 0.05) is 11.1 Å². The lowest BCUT2D eigenvalue weighted by atomic mass is 10.0. The molecule has 0 spiro atoms. The smallest absolute Gasteiger partial charge is 0.278 e. The molecule has 1 aliphatic rings. The van der Waals surface area contributed by atoms with E-state index in [0.29, 0.717) is 5.56 Å². The summed E-state index contributed by atoms with van der Waals surface area (Å²) >= 11 is 0. The van der Waals surface area contributed by atoms with Gasteiger partial charge >= 0.3 is 0 Å². The Bertz CT molecular complexity index is 1400. The lowest BCUT2D eigenvalue weighted by Crippen LogP contribution is -2.32. The molecule has 0 aliphatic carbocycles. The number of rotatable bonds is 5. The highest BCUT2D eigenvalue weighted by Crippen LogP contribution is 2.33. The van der Waals surface area contributed by atoms with Crippen LogP contribution in [0.1, 0.15) is 16.7 Å². The zero-order chi connectivity index (χ0) is 22.9. The van der Waals surface area contributed by atoms with Gasteiger partial charge in [-0.25, -0.2) is 4.39 Å². The molecular formula is C28H21FN2O2. The summed E-state index contributed by atoms with van der Waals surface area (Å²) in [6.07, 6.45) is 0. The molecule has 0 saturated heterocycles. The topological polar surface area (TPSA) is 49.4 Å². The first kappa shape index (κ1) is 20.6. The van der Waals surface area contributed by atoms with Crippen LogP contribution in [0.2, 0.25) is 0 Å². The first-order valence-electron chi connectivity index (χ1n) is 10.7. The largest absolute Gasteiger partial charge is 0.350 e. The molecule has 162 valence electrons. The molecule has 0 unspecified atom stereocenters. The Morgan fingerprint density at radius 2 is 1.48 bits per heavy atom. The van der Waals surface area contributed by atoms with Crippen LogP contribution < -0.4 is 5.32 Å². The molecule has 5 heteroatoms. The molecule has 1 heterocycles. The van der Waals surface area contributed by atoms with E-state index in [1.807, 2.05) is 73.7 Å². The van der Waals surface area contributed by atoms with Crippen molar-refractivity contribution in [2.75, 3.05) is 5.32 Å². The predicted molar refractivity (Wildman–Crippen MR) is 128 cm³/mol. The SMILES string of the molecule is Cc1ccc(CN2C(=O)C(Nc3cccc4ccccc34)=C(c3ccc(F)cc3)C2=O)cc1. The summed E-state index contributed by atoms with van der Waals surface area (Å²) in [7, 11) is 0. The third-order valence-corrected chi connectivity index (χ3v) is 5.81. The number of benzene rings is 4. The molecule has 0 atom stereocenters. The molecule has 4 aromatic carbocycles. The Kier molecular flexibility index (Phi) is 5.23. The van der Waals surface area contributed by atoms with Crippen LogP contribution in [0.25, 0.3) is 16.3 Å². The Balaban J connectivity index is 1.58. The number of nitrogens with zero attached hydrogens (tertiary/aromatic N) is 1. The van der Waals surface area contributed by atoms with Gasteiger partial charge in [-0.15, -0.1) is 0 Å². The monoisotopic (exact) mass is 436 g/mol. The van der Waals surface area contributed by atoms with E-state index in [2.05, 4.69) is 5.32 Å². The summed E-state index contributed by atoms with van der Waals surface area (Å²) in [5, 5.41) is 5.17. The maximum absolute atomic E-state index is 13.6. The van der Waals surface area contributed by atoms with Crippen molar-refractivity contribution >= 4 is 33.8 Å². The second-order valence-electron chi connectivity index (χ2n) is 8.09. The van der Waals surface area contributed by atoms with Crippen LogP contribution in [0.15, 0.2) is 96.7 Å². The van der Waals surface area contributed by atoms with Crippen molar-refractivity contribution in [2.24, 2.45) is 0 Å². The van der Waals surface area contributed by atoms with Gasteiger partial charge in [-0.05, 0) is 41.6 Å². The van der Waals surface area contributed by atoms with E-state index < -0.39 is 17.6 Å². The molecule has 0 aromatic heterocycles. The third kappa shape index (κ3) is 3.89. The second kappa shape index (κ2) is 8.36. The fourth-order valence-corrected chi connectivity index (χ4v) is 4.07. The van der Waals surface area contributed by atoms with E-state index in [9.17, 15) is 14.0 Å². The number of fused-ring (bicyclic) bond motifs is 1. The van der Waals surface area contributed by atoms with Crippen LogP contribution >= 0.6 is 0 Å². The van der Waals surface area contributed by atoms with E-state index in [0.717, 1.165) is 27.6 Å². The number of hydrogen-bond acceptors (Lipinski definition) is 3. The zero-order valence-corrected chi connectivity index (χ0v) is 18.0. The van der Waals surface area contributed by atoms with Gasteiger partial charge in [0.2, 0.25) is 0 Å². The molecule has 1 N–H and O–H groups in total. The first-order valence-corrected chi connectivity index (χ1v) is 10.7. The number of hydrogen-bond donors (Lipinski definition) is 1. The average Bonchev–Trinajstić information content (AvgIpc) is 3.05. The van der Waals surface area contributed by atoms with Crippen molar-refractivity contribution < 1.29 is 14.0 Å². The molecule has 1 aliphatic heterocycles. The number of aryl methyl sites for hydroxylation is 1. The maximum atomic E-state index is 13.6. The minimum atomic E-state index is -0.409. The number of halogens is 1. The number of amides is 2. The van der Waals surface area contributed by atoms with Gasteiger partial charge in [0.25, 0.3) is 11.8 Å². The fraction of sp³-hybridized carbons (Fsp3) is 0.0714. The van der Waals surface area contributed by atoms with Crippen molar-refractivity contribution in [1.29, 1.82) is 0 Å². The van der Waals surface area contributed by atoms with Gasteiger partial charge < -0.3 is 5.32 Å². The summed E-state index contributed by atoms with van der Waals surface area (Å²) in [5.74, 6) is -1.22.